The number of rotatable bonds is 4. The molecule has 2 bridgehead atoms. The Morgan fingerprint density at radius 1 is 1.13 bits per heavy atom. The molecule has 0 unspecified atom stereocenters. The minimum atomic E-state index is -4.10. The second kappa shape index (κ2) is 5.51. The molecule has 126 valence electrons. The minimum Gasteiger partial charge on any atom is -0.478 e. The largest absolute Gasteiger partial charge is 0.478 e. The van der Waals surface area contributed by atoms with Crippen molar-refractivity contribution in [2.24, 2.45) is 5.41 Å². The molecule has 3 nitrogen and oxygen atoms in total. The third-order valence-electron chi connectivity index (χ3n) is 5.69. The monoisotopic (exact) mass is 327 g/mol. The Labute approximate surface area is 132 Å². The maximum Gasteiger partial charge on any atom is 0.394 e. The molecule has 3 aliphatic carbocycles. The van der Waals surface area contributed by atoms with Crippen molar-refractivity contribution in [3.63, 3.8) is 0 Å². The summed E-state index contributed by atoms with van der Waals surface area (Å²) in [6.45, 7) is 0.486. The summed E-state index contributed by atoms with van der Waals surface area (Å²) in [5.74, 6) is -0.977. The Bertz CT molecular complexity index is 588. The molecule has 0 spiro atoms. The standard InChI is InChI=1S/C17H20F3NO2/c18-17(19,20)15-4-7-16(8-5-15,9-6-15)21-11-12-2-1-3-13(10-12)14(22)23/h1-3,10,21H,4-9,11H2,(H,22,23). The normalized spacial score (nSPS) is 30.4. The van der Waals surface area contributed by atoms with E-state index < -0.39 is 17.6 Å². The number of aromatic carboxylic acids is 1. The zero-order valence-corrected chi connectivity index (χ0v) is 12.7. The quantitative estimate of drug-likeness (QED) is 0.874. The topological polar surface area (TPSA) is 49.3 Å². The maximum atomic E-state index is 13.2. The van der Waals surface area contributed by atoms with E-state index in [1.165, 1.54) is 6.07 Å². The Kier molecular flexibility index (Phi) is 3.91. The molecule has 0 aromatic heterocycles. The molecule has 3 fully saturated rings. The third-order valence-corrected chi connectivity index (χ3v) is 5.69. The summed E-state index contributed by atoms with van der Waals surface area (Å²) in [5.41, 5.74) is -0.631. The van der Waals surface area contributed by atoms with Gasteiger partial charge in [-0.3, -0.25) is 0 Å². The van der Waals surface area contributed by atoms with Crippen LogP contribution in [0.15, 0.2) is 24.3 Å². The van der Waals surface area contributed by atoms with Gasteiger partial charge in [-0.15, -0.1) is 0 Å². The van der Waals surface area contributed by atoms with E-state index in [4.69, 9.17) is 5.11 Å². The van der Waals surface area contributed by atoms with Gasteiger partial charge in [0.1, 0.15) is 0 Å². The second-order valence-electron chi connectivity index (χ2n) is 6.92. The average Bonchev–Trinajstić information content (AvgIpc) is 2.54. The van der Waals surface area contributed by atoms with Crippen LogP contribution in [0.25, 0.3) is 0 Å². The van der Waals surface area contributed by atoms with Crippen LogP contribution in [0.1, 0.15) is 54.4 Å². The van der Waals surface area contributed by atoms with Crippen molar-refractivity contribution < 1.29 is 23.1 Å². The fourth-order valence-corrected chi connectivity index (χ4v) is 3.98. The van der Waals surface area contributed by atoms with Crippen molar-refractivity contribution in [3.8, 4) is 0 Å². The van der Waals surface area contributed by atoms with Crippen molar-refractivity contribution in [3.05, 3.63) is 35.4 Å². The van der Waals surface area contributed by atoms with Crippen molar-refractivity contribution in [1.29, 1.82) is 0 Å². The summed E-state index contributed by atoms with van der Waals surface area (Å²) in [6.07, 6.45) is -1.92. The summed E-state index contributed by atoms with van der Waals surface area (Å²) < 4.78 is 39.7. The first kappa shape index (κ1) is 16.3. The van der Waals surface area contributed by atoms with Crippen LogP contribution in [0.3, 0.4) is 0 Å². The molecular formula is C17H20F3NO2. The lowest BCUT2D eigenvalue weighted by Crippen LogP contribution is -2.58. The number of fused-ring (bicyclic) bond motifs is 3. The van der Waals surface area contributed by atoms with Gasteiger partial charge in [-0.1, -0.05) is 12.1 Å². The van der Waals surface area contributed by atoms with Gasteiger partial charge in [-0.25, -0.2) is 4.79 Å². The smallest absolute Gasteiger partial charge is 0.394 e. The number of benzene rings is 1. The second-order valence-corrected chi connectivity index (χ2v) is 6.92. The van der Waals surface area contributed by atoms with Crippen molar-refractivity contribution in [2.45, 2.75) is 56.8 Å². The molecule has 0 amide bonds. The number of alkyl halides is 3. The average molecular weight is 327 g/mol. The van der Waals surface area contributed by atoms with Crippen LogP contribution in [-0.4, -0.2) is 22.8 Å². The molecule has 0 heterocycles. The fourth-order valence-electron chi connectivity index (χ4n) is 3.98. The van der Waals surface area contributed by atoms with E-state index >= 15 is 0 Å². The van der Waals surface area contributed by atoms with Crippen LogP contribution in [0.5, 0.6) is 0 Å². The van der Waals surface area contributed by atoms with E-state index in [1.54, 1.807) is 12.1 Å². The first-order chi connectivity index (χ1) is 10.8. The summed E-state index contributed by atoms with van der Waals surface area (Å²) in [4.78, 5) is 11.0. The lowest BCUT2D eigenvalue weighted by molar-refractivity contribution is -0.254. The lowest BCUT2D eigenvalue weighted by atomic mass is 9.57. The molecule has 0 radical (unpaired) electrons. The number of hydrogen-bond acceptors (Lipinski definition) is 2. The van der Waals surface area contributed by atoms with Gasteiger partial charge in [0.05, 0.1) is 11.0 Å². The van der Waals surface area contributed by atoms with Gasteiger partial charge in [0, 0.05) is 12.1 Å². The van der Waals surface area contributed by atoms with Crippen molar-refractivity contribution in [1.82, 2.24) is 5.32 Å². The Balaban J connectivity index is 1.65. The summed E-state index contributed by atoms with van der Waals surface area (Å²) >= 11 is 0. The number of carboxylic acid groups (broad SMARTS) is 1. The molecule has 0 atom stereocenters. The van der Waals surface area contributed by atoms with Crippen LogP contribution >= 0.6 is 0 Å². The molecule has 3 aliphatic rings. The number of hydrogen-bond donors (Lipinski definition) is 2. The van der Waals surface area contributed by atoms with Gasteiger partial charge in [-0.05, 0) is 56.2 Å². The molecule has 0 saturated heterocycles. The zero-order valence-electron chi connectivity index (χ0n) is 12.7. The van der Waals surface area contributed by atoms with Crippen LogP contribution in [0.4, 0.5) is 13.2 Å². The van der Waals surface area contributed by atoms with Gasteiger partial charge in [-0.2, -0.15) is 13.2 Å². The summed E-state index contributed by atoms with van der Waals surface area (Å²) in [5, 5.41) is 12.4. The van der Waals surface area contributed by atoms with Crippen molar-refractivity contribution in [2.75, 3.05) is 0 Å². The number of carboxylic acids is 1. The molecule has 0 aliphatic heterocycles. The maximum absolute atomic E-state index is 13.2. The van der Waals surface area contributed by atoms with Crippen LogP contribution in [-0.2, 0) is 6.54 Å². The first-order valence-corrected chi connectivity index (χ1v) is 7.89. The van der Waals surface area contributed by atoms with Crippen LogP contribution < -0.4 is 5.32 Å². The lowest BCUT2D eigenvalue weighted by Gasteiger charge is -2.54. The fraction of sp³-hybridized carbons (Fsp3) is 0.588. The highest BCUT2D eigenvalue weighted by Crippen LogP contribution is 2.59. The van der Waals surface area contributed by atoms with Gasteiger partial charge in [0.15, 0.2) is 0 Å². The molecule has 23 heavy (non-hydrogen) atoms. The minimum absolute atomic E-state index is 0.193. The van der Waals surface area contributed by atoms with E-state index in [-0.39, 0.29) is 30.4 Å². The Morgan fingerprint density at radius 3 is 2.26 bits per heavy atom. The Hall–Kier alpha value is -1.56. The van der Waals surface area contributed by atoms with Crippen molar-refractivity contribution >= 4 is 5.97 Å². The van der Waals surface area contributed by atoms with Gasteiger partial charge < -0.3 is 10.4 Å². The number of carbonyl (C=O) groups is 1. The molecule has 1 aromatic carbocycles. The Morgan fingerprint density at radius 2 is 1.74 bits per heavy atom. The van der Waals surface area contributed by atoms with E-state index in [1.807, 2.05) is 6.07 Å². The molecule has 1 aromatic rings. The summed E-state index contributed by atoms with van der Waals surface area (Å²) in [7, 11) is 0. The highest BCUT2D eigenvalue weighted by atomic mass is 19.4. The predicted octanol–water partition coefficient (Wildman–Crippen LogP) is 4.13. The van der Waals surface area contributed by atoms with Gasteiger partial charge in [0.25, 0.3) is 0 Å². The van der Waals surface area contributed by atoms with Crippen LogP contribution in [0, 0.1) is 5.41 Å². The number of halogens is 3. The predicted molar refractivity (Wildman–Crippen MR) is 79.2 cm³/mol. The highest BCUT2D eigenvalue weighted by Gasteiger charge is 2.61. The third kappa shape index (κ3) is 2.96. The van der Waals surface area contributed by atoms with Crippen LogP contribution in [0.2, 0.25) is 0 Å². The van der Waals surface area contributed by atoms with E-state index in [9.17, 15) is 18.0 Å². The highest BCUT2D eigenvalue weighted by molar-refractivity contribution is 5.87. The summed E-state index contributed by atoms with van der Waals surface area (Å²) in [6, 6.07) is 6.66. The van der Waals surface area contributed by atoms with E-state index in [0.29, 0.717) is 25.8 Å². The van der Waals surface area contributed by atoms with Gasteiger partial charge >= 0.3 is 12.1 Å². The molecule has 6 heteroatoms. The number of nitrogens with one attached hydrogen (secondary N) is 1. The zero-order chi connectivity index (χ0) is 16.7. The molecule has 2 N–H and O–H groups in total. The van der Waals surface area contributed by atoms with E-state index in [2.05, 4.69) is 5.32 Å². The first-order valence-electron chi connectivity index (χ1n) is 7.89. The van der Waals surface area contributed by atoms with Gasteiger partial charge in [0.2, 0.25) is 0 Å². The van der Waals surface area contributed by atoms with E-state index in [0.717, 1.165) is 5.56 Å². The molecular weight excluding hydrogens is 307 g/mol. The molecule has 4 rings (SSSR count). The SMILES string of the molecule is O=C(O)c1cccc(CNC23CCC(C(F)(F)F)(CC2)CC3)c1. The molecule has 3 saturated carbocycles.